The summed E-state index contributed by atoms with van der Waals surface area (Å²) < 4.78 is 31.9. The molecule has 1 aliphatic carbocycles. The molecule has 196 valence electrons. The van der Waals surface area contributed by atoms with Gasteiger partial charge in [0, 0.05) is 30.0 Å². The summed E-state index contributed by atoms with van der Waals surface area (Å²) in [4.78, 5) is 22.6. The number of aromatic nitrogens is 2. The summed E-state index contributed by atoms with van der Waals surface area (Å²) in [6, 6.07) is 6.54. The van der Waals surface area contributed by atoms with Gasteiger partial charge in [0.1, 0.15) is 23.9 Å². The molecule has 1 amide bonds. The molecule has 8 nitrogen and oxygen atoms in total. The molecule has 3 aromatic rings. The fraction of sp³-hybridized carbons (Fsp3) is 0.423. The Hall–Kier alpha value is -3.04. The minimum Gasteiger partial charge on any atom is -0.493 e. The highest BCUT2D eigenvalue weighted by Gasteiger charge is 2.55. The lowest BCUT2D eigenvalue weighted by molar-refractivity contribution is -0.117. The highest BCUT2D eigenvalue weighted by molar-refractivity contribution is 6.42. The third-order valence-electron chi connectivity index (χ3n) is 6.53. The summed E-state index contributed by atoms with van der Waals surface area (Å²) >= 11 is 11.9. The SMILES string of the molecule is COc1cc2ncnc(Nc3ccc(Cl)c(Cl)c3F)c2cc1OC1CC2(C1)CN(C(=O)OC(C)(C)C)C2. The standard InChI is InChI=1S/C26H27Cl2FN4O4/c1-25(2,3)37-24(34)33-11-26(12-33)9-14(10-26)36-20-7-15-18(8-19(20)35-4)30-13-31-23(15)32-17-6-5-16(27)21(28)22(17)29/h5-8,13-14H,9-12H2,1-4H3,(H,30,31,32). The molecule has 2 aliphatic rings. The zero-order valence-electron chi connectivity index (χ0n) is 20.9. The van der Waals surface area contributed by atoms with Crippen LogP contribution in [0.5, 0.6) is 11.5 Å². The van der Waals surface area contributed by atoms with Gasteiger partial charge in [-0.3, -0.25) is 0 Å². The van der Waals surface area contributed by atoms with E-state index in [1.54, 1.807) is 24.1 Å². The van der Waals surface area contributed by atoms with E-state index in [0.29, 0.717) is 41.3 Å². The van der Waals surface area contributed by atoms with Crippen LogP contribution in [0.25, 0.3) is 10.9 Å². The minimum atomic E-state index is -0.674. The first-order chi connectivity index (χ1) is 17.5. The van der Waals surface area contributed by atoms with Crippen LogP contribution in [-0.4, -0.2) is 52.9 Å². The number of anilines is 2. The van der Waals surface area contributed by atoms with Crippen molar-refractivity contribution >= 4 is 51.7 Å². The first-order valence-corrected chi connectivity index (χ1v) is 12.6. The molecule has 1 spiro atoms. The predicted molar refractivity (Wildman–Crippen MR) is 140 cm³/mol. The van der Waals surface area contributed by atoms with Crippen molar-refractivity contribution in [2.75, 3.05) is 25.5 Å². The third-order valence-corrected chi connectivity index (χ3v) is 7.31. The largest absolute Gasteiger partial charge is 0.493 e. The van der Waals surface area contributed by atoms with Gasteiger partial charge in [-0.1, -0.05) is 23.2 Å². The zero-order valence-corrected chi connectivity index (χ0v) is 22.4. The Morgan fingerprint density at radius 1 is 1.16 bits per heavy atom. The number of ether oxygens (including phenoxy) is 3. The quantitative estimate of drug-likeness (QED) is 0.359. The molecule has 37 heavy (non-hydrogen) atoms. The summed E-state index contributed by atoms with van der Waals surface area (Å²) in [5, 5.41) is 3.55. The summed E-state index contributed by atoms with van der Waals surface area (Å²) in [6.45, 7) is 6.90. The van der Waals surface area contributed by atoms with Crippen LogP contribution in [0.2, 0.25) is 10.0 Å². The van der Waals surface area contributed by atoms with E-state index in [1.165, 1.54) is 18.5 Å². The normalized spacial score (nSPS) is 16.8. The van der Waals surface area contributed by atoms with Gasteiger partial charge >= 0.3 is 6.09 Å². The molecular weight excluding hydrogens is 522 g/mol. The van der Waals surface area contributed by atoms with Crippen LogP contribution in [0.1, 0.15) is 33.6 Å². The fourth-order valence-corrected chi connectivity index (χ4v) is 5.12. The monoisotopic (exact) mass is 548 g/mol. The molecule has 0 atom stereocenters. The number of nitrogens with one attached hydrogen (secondary N) is 1. The average Bonchev–Trinajstić information content (AvgIpc) is 2.78. The Labute approximate surface area is 224 Å². The maximum absolute atomic E-state index is 14.6. The molecule has 11 heteroatoms. The van der Waals surface area contributed by atoms with Gasteiger partial charge in [0.2, 0.25) is 0 Å². The number of hydrogen-bond donors (Lipinski definition) is 1. The van der Waals surface area contributed by atoms with E-state index in [2.05, 4.69) is 15.3 Å². The smallest absolute Gasteiger partial charge is 0.410 e. The van der Waals surface area contributed by atoms with Crippen LogP contribution in [0.4, 0.5) is 20.7 Å². The number of halogens is 3. The van der Waals surface area contributed by atoms with Crippen LogP contribution < -0.4 is 14.8 Å². The summed E-state index contributed by atoms with van der Waals surface area (Å²) in [7, 11) is 1.56. The molecule has 0 unspecified atom stereocenters. The first-order valence-electron chi connectivity index (χ1n) is 11.8. The van der Waals surface area contributed by atoms with Gasteiger partial charge in [-0.15, -0.1) is 0 Å². The summed E-state index contributed by atoms with van der Waals surface area (Å²) in [5.74, 6) is 0.770. The van der Waals surface area contributed by atoms with Crippen molar-refractivity contribution in [3.8, 4) is 11.5 Å². The van der Waals surface area contributed by atoms with Crippen LogP contribution in [-0.2, 0) is 4.74 Å². The van der Waals surface area contributed by atoms with Crippen molar-refractivity contribution in [1.82, 2.24) is 14.9 Å². The number of benzene rings is 2. The molecule has 5 rings (SSSR count). The van der Waals surface area contributed by atoms with Gasteiger partial charge < -0.3 is 24.4 Å². The Kier molecular flexibility index (Phi) is 6.48. The Morgan fingerprint density at radius 3 is 2.57 bits per heavy atom. The Bertz CT molecular complexity index is 1370. The molecule has 1 saturated heterocycles. The highest BCUT2D eigenvalue weighted by atomic mass is 35.5. The third kappa shape index (κ3) is 5.07. The second-order valence-electron chi connectivity index (χ2n) is 10.6. The lowest BCUT2D eigenvalue weighted by Gasteiger charge is -2.58. The predicted octanol–water partition coefficient (Wildman–Crippen LogP) is 6.61. The molecule has 1 aliphatic heterocycles. The molecule has 2 heterocycles. The Balaban J connectivity index is 1.31. The van der Waals surface area contributed by atoms with Crippen LogP contribution in [0.15, 0.2) is 30.6 Å². The summed E-state index contributed by atoms with van der Waals surface area (Å²) in [6.07, 6.45) is 2.71. The van der Waals surface area contributed by atoms with Gasteiger partial charge in [0.05, 0.1) is 28.4 Å². The van der Waals surface area contributed by atoms with Crippen molar-refractivity contribution in [1.29, 1.82) is 0 Å². The number of likely N-dealkylation sites (tertiary alicyclic amines) is 1. The van der Waals surface area contributed by atoms with Crippen molar-refractivity contribution < 1.29 is 23.4 Å². The number of rotatable bonds is 5. The maximum atomic E-state index is 14.6. The van der Waals surface area contributed by atoms with E-state index >= 15 is 0 Å². The number of methoxy groups -OCH3 is 1. The van der Waals surface area contributed by atoms with E-state index in [-0.39, 0.29) is 33.3 Å². The maximum Gasteiger partial charge on any atom is 0.410 e. The van der Waals surface area contributed by atoms with Crippen LogP contribution in [0, 0.1) is 11.2 Å². The van der Waals surface area contributed by atoms with Crippen molar-refractivity contribution in [2.45, 2.75) is 45.3 Å². The van der Waals surface area contributed by atoms with Gasteiger partial charge in [0.15, 0.2) is 17.3 Å². The van der Waals surface area contributed by atoms with Crippen LogP contribution in [0.3, 0.4) is 0 Å². The lowest BCUT2D eigenvalue weighted by Crippen LogP contribution is -2.66. The fourth-order valence-electron chi connectivity index (χ4n) is 4.81. The number of carbonyl (C=O) groups is 1. The second kappa shape index (κ2) is 9.36. The molecule has 0 radical (unpaired) electrons. The van der Waals surface area contributed by atoms with Gasteiger partial charge in [0.25, 0.3) is 0 Å². The molecule has 1 aromatic heterocycles. The number of carbonyl (C=O) groups excluding carboxylic acids is 1. The van der Waals surface area contributed by atoms with E-state index in [0.717, 1.165) is 12.8 Å². The topological polar surface area (TPSA) is 85.8 Å². The van der Waals surface area contributed by atoms with Crippen molar-refractivity contribution in [3.63, 3.8) is 0 Å². The van der Waals surface area contributed by atoms with Crippen molar-refractivity contribution in [2.24, 2.45) is 5.41 Å². The van der Waals surface area contributed by atoms with Gasteiger partial charge in [-0.05, 0) is 51.8 Å². The summed E-state index contributed by atoms with van der Waals surface area (Å²) in [5.41, 5.74) is 0.278. The van der Waals surface area contributed by atoms with Gasteiger partial charge in [-0.2, -0.15) is 0 Å². The number of amides is 1. The number of nitrogens with zero attached hydrogens (tertiary/aromatic N) is 3. The molecular formula is C26H27Cl2FN4O4. The van der Waals surface area contributed by atoms with E-state index in [9.17, 15) is 9.18 Å². The van der Waals surface area contributed by atoms with Crippen molar-refractivity contribution in [3.05, 3.63) is 46.5 Å². The van der Waals surface area contributed by atoms with E-state index in [4.69, 9.17) is 37.4 Å². The van der Waals surface area contributed by atoms with Crippen LogP contribution >= 0.6 is 23.2 Å². The number of hydrogen-bond acceptors (Lipinski definition) is 7. The first kappa shape index (κ1) is 25.6. The molecule has 2 aromatic carbocycles. The Morgan fingerprint density at radius 2 is 1.89 bits per heavy atom. The van der Waals surface area contributed by atoms with E-state index in [1.807, 2.05) is 20.8 Å². The number of fused-ring (bicyclic) bond motifs is 1. The molecule has 2 fully saturated rings. The minimum absolute atomic E-state index is 0.0271. The zero-order chi connectivity index (χ0) is 26.5. The molecule has 1 saturated carbocycles. The van der Waals surface area contributed by atoms with Gasteiger partial charge in [-0.25, -0.2) is 19.2 Å². The average molecular weight is 549 g/mol. The molecule has 1 N–H and O–H groups in total. The lowest BCUT2D eigenvalue weighted by atomic mass is 9.62. The van der Waals surface area contributed by atoms with E-state index < -0.39 is 11.4 Å². The second-order valence-corrected chi connectivity index (χ2v) is 11.4. The highest BCUT2D eigenvalue weighted by Crippen LogP contribution is 2.51. The molecule has 0 bridgehead atoms.